The molecule has 172 valence electrons. The molecule has 3 rings (SSSR count). The Morgan fingerprint density at radius 3 is 2.48 bits per heavy atom. The first-order valence-electron chi connectivity index (χ1n) is 10.3. The molecule has 1 N–H and O–H groups in total. The van der Waals surface area contributed by atoms with Crippen molar-refractivity contribution < 1.29 is 19.0 Å². The van der Waals surface area contributed by atoms with Gasteiger partial charge in [-0.1, -0.05) is 46.6 Å². The molecule has 0 aliphatic rings. The minimum absolute atomic E-state index is 0.368. The lowest BCUT2D eigenvalue weighted by Gasteiger charge is -2.11. The molecule has 0 aliphatic heterocycles. The Labute approximate surface area is 206 Å². The number of halogens is 2. The number of hydrazone groups is 1. The van der Waals surface area contributed by atoms with Crippen LogP contribution in [0.4, 0.5) is 0 Å². The fraction of sp³-hybridized carbons (Fsp3) is 0.200. The van der Waals surface area contributed by atoms with Crippen LogP contribution in [0.25, 0.3) is 0 Å². The summed E-state index contributed by atoms with van der Waals surface area (Å²) >= 11 is 9.75. The predicted molar refractivity (Wildman–Crippen MR) is 134 cm³/mol. The molecular weight excluding hydrogens is 508 g/mol. The molecule has 1 amide bonds. The van der Waals surface area contributed by atoms with E-state index in [-0.39, 0.29) is 5.91 Å². The molecule has 0 bridgehead atoms. The maximum atomic E-state index is 12.4. The van der Waals surface area contributed by atoms with Crippen molar-refractivity contribution in [2.24, 2.45) is 5.10 Å². The average Bonchev–Trinajstić information content (AvgIpc) is 2.83. The molecule has 3 aromatic rings. The largest absolute Gasteiger partial charge is 0.493 e. The highest BCUT2D eigenvalue weighted by molar-refractivity contribution is 9.10. The summed E-state index contributed by atoms with van der Waals surface area (Å²) in [6.45, 7) is 3.00. The quantitative estimate of drug-likeness (QED) is 0.248. The number of carbonyl (C=O) groups excluding carboxylic acids is 1. The molecular formula is C25H24BrClN2O4. The van der Waals surface area contributed by atoms with Crippen molar-refractivity contribution in [2.75, 3.05) is 13.7 Å². The number of nitrogens with one attached hydrogen (secondary N) is 1. The van der Waals surface area contributed by atoms with Crippen LogP contribution in [-0.2, 0) is 6.61 Å². The van der Waals surface area contributed by atoms with Gasteiger partial charge in [-0.25, -0.2) is 5.43 Å². The lowest BCUT2D eigenvalue weighted by atomic mass is 10.2. The third-order valence-electron chi connectivity index (χ3n) is 4.53. The predicted octanol–water partition coefficient (Wildman–Crippen LogP) is 6.24. The number of nitrogens with zero attached hydrogens (tertiary/aromatic N) is 1. The van der Waals surface area contributed by atoms with Crippen molar-refractivity contribution in [1.82, 2.24) is 5.43 Å². The average molecular weight is 532 g/mol. The molecule has 0 unspecified atom stereocenters. The van der Waals surface area contributed by atoms with E-state index >= 15 is 0 Å². The Balaban J connectivity index is 1.57. The summed E-state index contributed by atoms with van der Waals surface area (Å²) in [7, 11) is 1.53. The Bertz CT molecular complexity index is 1120. The Morgan fingerprint density at radius 2 is 1.79 bits per heavy atom. The second-order valence-electron chi connectivity index (χ2n) is 7.02. The number of benzene rings is 3. The van der Waals surface area contributed by atoms with E-state index < -0.39 is 0 Å². The van der Waals surface area contributed by atoms with E-state index in [4.69, 9.17) is 25.8 Å². The van der Waals surface area contributed by atoms with Crippen LogP contribution < -0.4 is 19.6 Å². The molecule has 8 heteroatoms. The fourth-order valence-corrected chi connectivity index (χ4v) is 3.33. The van der Waals surface area contributed by atoms with Gasteiger partial charge in [0.15, 0.2) is 11.5 Å². The Kier molecular flexibility index (Phi) is 9.15. The van der Waals surface area contributed by atoms with E-state index in [0.717, 1.165) is 22.0 Å². The van der Waals surface area contributed by atoms with Crippen LogP contribution in [0, 0.1) is 0 Å². The van der Waals surface area contributed by atoms with Crippen LogP contribution in [0.15, 0.2) is 70.2 Å². The molecule has 0 fully saturated rings. The second kappa shape index (κ2) is 12.3. The highest BCUT2D eigenvalue weighted by atomic mass is 79.9. The minimum atomic E-state index is -0.368. The van der Waals surface area contributed by atoms with Gasteiger partial charge in [-0.2, -0.15) is 5.10 Å². The lowest BCUT2D eigenvalue weighted by Crippen LogP contribution is -2.17. The highest BCUT2D eigenvalue weighted by Crippen LogP contribution is 2.28. The van der Waals surface area contributed by atoms with Crippen LogP contribution in [0.1, 0.15) is 34.8 Å². The van der Waals surface area contributed by atoms with Gasteiger partial charge in [-0.05, 0) is 66.1 Å². The smallest absolute Gasteiger partial charge is 0.271 e. The van der Waals surface area contributed by atoms with Crippen molar-refractivity contribution in [3.63, 3.8) is 0 Å². The van der Waals surface area contributed by atoms with E-state index in [1.807, 2.05) is 31.2 Å². The number of carbonyl (C=O) groups is 1. The van der Waals surface area contributed by atoms with Crippen LogP contribution in [0.5, 0.6) is 17.2 Å². The van der Waals surface area contributed by atoms with Crippen LogP contribution in [0.2, 0.25) is 5.02 Å². The molecule has 6 nitrogen and oxygen atoms in total. The van der Waals surface area contributed by atoms with Crippen molar-refractivity contribution in [2.45, 2.75) is 20.0 Å². The van der Waals surface area contributed by atoms with Gasteiger partial charge < -0.3 is 14.2 Å². The van der Waals surface area contributed by atoms with E-state index in [0.29, 0.717) is 41.0 Å². The van der Waals surface area contributed by atoms with Gasteiger partial charge in [0.05, 0.1) is 25.0 Å². The summed E-state index contributed by atoms with van der Waals surface area (Å²) in [5.41, 5.74) is 4.66. The van der Waals surface area contributed by atoms with Gasteiger partial charge >= 0.3 is 0 Å². The first-order valence-corrected chi connectivity index (χ1v) is 11.5. The summed E-state index contributed by atoms with van der Waals surface area (Å²) in [6, 6.07) is 18.1. The first-order chi connectivity index (χ1) is 16.0. The molecule has 0 aromatic heterocycles. The molecule has 0 spiro atoms. The van der Waals surface area contributed by atoms with Crippen LogP contribution in [0.3, 0.4) is 0 Å². The molecule has 0 radical (unpaired) electrons. The number of amides is 1. The number of hydrogen-bond donors (Lipinski definition) is 1. The first kappa shape index (κ1) is 24.6. The lowest BCUT2D eigenvalue weighted by molar-refractivity contribution is 0.0954. The number of rotatable bonds is 10. The molecule has 0 saturated carbocycles. The zero-order chi connectivity index (χ0) is 23.6. The Hall–Kier alpha value is -3.03. The fourth-order valence-electron chi connectivity index (χ4n) is 2.83. The summed E-state index contributed by atoms with van der Waals surface area (Å²) in [4.78, 5) is 12.4. The van der Waals surface area contributed by atoms with E-state index in [9.17, 15) is 4.79 Å². The van der Waals surface area contributed by atoms with E-state index in [1.54, 1.807) is 36.4 Å². The van der Waals surface area contributed by atoms with Gasteiger partial charge in [-0.3, -0.25) is 4.79 Å². The SMILES string of the molecule is CCCOc1ccc(C(=O)N/N=C/c2ccc(OCc3ccc(Br)cc3)c(Cl)c2)cc1OC. The molecule has 0 heterocycles. The number of methoxy groups -OCH3 is 1. The third-order valence-corrected chi connectivity index (χ3v) is 5.35. The van der Waals surface area contributed by atoms with E-state index in [2.05, 4.69) is 26.5 Å². The minimum Gasteiger partial charge on any atom is -0.493 e. The maximum Gasteiger partial charge on any atom is 0.271 e. The molecule has 0 aliphatic carbocycles. The van der Waals surface area contributed by atoms with Gasteiger partial charge in [0.25, 0.3) is 5.91 Å². The van der Waals surface area contributed by atoms with Crippen molar-refractivity contribution >= 4 is 39.7 Å². The second-order valence-corrected chi connectivity index (χ2v) is 8.34. The van der Waals surface area contributed by atoms with Crippen LogP contribution in [-0.4, -0.2) is 25.8 Å². The van der Waals surface area contributed by atoms with Crippen LogP contribution >= 0.6 is 27.5 Å². The Morgan fingerprint density at radius 1 is 1.03 bits per heavy atom. The van der Waals surface area contributed by atoms with E-state index in [1.165, 1.54) is 13.3 Å². The van der Waals surface area contributed by atoms with Gasteiger partial charge in [0.1, 0.15) is 12.4 Å². The zero-order valence-electron chi connectivity index (χ0n) is 18.3. The van der Waals surface area contributed by atoms with Crippen molar-refractivity contribution in [3.8, 4) is 17.2 Å². The number of hydrogen-bond acceptors (Lipinski definition) is 5. The summed E-state index contributed by atoms with van der Waals surface area (Å²) < 4.78 is 17.7. The monoisotopic (exact) mass is 530 g/mol. The summed E-state index contributed by atoms with van der Waals surface area (Å²) in [6.07, 6.45) is 2.39. The van der Waals surface area contributed by atoms with Gasteiger partial charge in [-0.15, -0.1) is 0 Å². The number of ether oxygens (including phenoxy) is 3. The van der Waals surface area contributed by atoms with Crippen molar-refractivity contribution in [3.05, 3.63) is 86.8 Å². The molecule has 0 saturated heterocycles. The topological polar surface area (TPSA) is 69.2 Å². The third kappa shape index (κ3) is 7.23. The molecule has 0 atom stereocenters. The standard InChI is InChI=1S/C25H24BrClN2O4/c1-3-12-32-23-11-7-19(14-24(23)31-2)25(30)29-28-15-18-6-10-22(21(27)13-18)33-16-17-4-8-20(26)9-5-17/h4-11,13-15H,3,12,16H2,1-2H3,(H,29,30)/b28-15+. The summed E-state index contributed by atoms with van der Waals surface area (Å²) in [5, 5.41) is 4.47. The van der Waals surface area contributed by atoms with Gasteiger partial charge in [0, 0.05) is 10.0 Å². The van der Waals surface area contributed by atoms with Gasteiger partial charge in [0.2, 0.25) is 0 Å². The highest BCUT2D eigenvalue weighted by Gasteiger charge is 2.11. The van der Waals surface area contributed by atoms with Crippen molar-refractivity contribution in [1.29, 1.82) is 0 Å². The molecule has 3 aromatic carbocycles. The maximum absolute atomic E-state index is 12.4. The zero-order valence-corrected chi connectivity index (χ0v) is 20.7. The summed E-state index contributed by atoms with van der Waals surface area (Å²) in [5.74, 6) is 1.28. The molecule has 33 heavy (non-hydrogen) atoms. The normalized spacial score (nSPS) is 10.8.